The number of halogens is 1. The maximum absolute atomic E-state index is 12.9. The van der Waals surface area contributed by atoms with E-state index in [9.17, 15) is 9.18 Å². The molecular formula is C19H18FN3O2S2. The Bertz CT molecular complexity index is 915. The van der Waals surface area contributed by atoms with E-state index in [1.165, 1.54) is 35.2 Å². The van der Waals surface area contributed by atoms with Crippen molar-refractivity contribution in [3.63, 3.8) is 0 Å². The van der Waals surface area contributed by atoms with Crippen molar-refractivity contribution in [2.24, 2.45) is 0 Å². The van der Waals surface area contributed by atoms with Crippen LogP contribution >= 0.6 is 23.1 Å². The molecule has 3 rings (SSSR count). The lowest BCUT2D eigenvalue weighted by atomic mass is 10.2. The third kappa shape index (κ3) is 5.77. The molecule has 1 atom stereocenters. The van der Waals surface area contributed by atoms with Gasteiger partial charge in [-0.2, -0.15) is 0 Å². The molecule has 0 bridgehead atoms. The Kier molecular flexibility index (Phi) is 6.41. The van der Waals surface area contributed by atoms with Crippen LogP contribution in [0.15, 0.2) is 52.9 Å². The molecule has 8 heteroatoms. The first-order chi connectivity index (χ1) is 13.0. The van der Waals surface area contributed by atoms with Crippen molar-refractivity contribution < 1.29 is 13.9 Å². The number of aromatic nitrogens is 2. The summed E-state index contributed by atoms with van der Waals surface area (Å²) in [6, 6.07) is 13.8. The molecule has 3 aromatic rings. The lowest BCUT2D eigenvalue weighted by Gasteiger charge is -2.13. The summed E-state index contributed by atoms with van der Waals surface area (Å²) in [7, 11) is 0. The number of thioether (sulfide) groups is 1. The van der Waals surface area contributed by atoms with Gasteiger partial charge in [-0.25, -0.2) is 4.39 Å². The molecule has 0 spiro atoms. The van der Waals surface area contributed by atoms with Gasteiger partial charge in [0.2, 0.25) is 5.13 Å². The molecule has 0 unspecified atom stereocenters. The van der Waals surface area contributed by atoms with Gasteiger partial charge in [0, 0.05) is 5.75 Å². The van der Waals surface area contributed by atoms with Crippen molar-refractivity contribution >= 4 is 34.1 Å². The zero-order valence-electron chi connectivity index (χ0n) is 14.8. The van der Waals surface area contributed by atoms with Gasteiger partial charge in [-0.15, -0.1) is 10.2 Å². The second-order valence-corrected chi connectivity index (χ2v) is 8.05. The molecule has 1 aromatic heterocycles. The summed E-state index contributed by atoms with van der Waals surface area (Å²) >= 11 is 2.77. The van der Waals surface area contributed by atoms with E-state index in [-0.39, 0.29) is 11.7 Å². The zero-order valence-corrected chi connectivity index (χ0v) is 16.4. The van der Waals surface area contributed by atoms with Crippen LogP contribution in [0.1, 0.15) is 18.1 Å². The fraction of sp³-hybridized carbons (Fsp3) is 0.211. The predicted octanol–water partition coefficient (Wildman–Crippen LogP) is 4.68. The SMILES string of the molecule is Cc1cccc(O[C@H](C)C(=O)Nc2nnc(SCc3ccc(F)cc3)s2)c1. The Balaban J connectivity index is 1.51. The van der Waals surface area contributed by atoms with Gasteiger partial charge in [-0.3, -0.25) is 10.1 Å². The number of hydrogen-bond donors (Lipinski definition) is 1. The molecule has 27 heavy (non-hydrogen) atoms. The van der Waals surface area contributed by atoms with Crippen molar-refractivity contribution in [1.29, 1.82) is 0 Å². The molecule has 0 aliphatic carbocycles. The van der Waals surface area contributed by atoms with E-state index in [0.717, 1.165) is 15.5 Å². The molecule has 5 nitrogen and oxygen atoms in total. The summed E-state index contributed by atoms with van der Waals surface area (Å²) in [5, 5.41) is 11.2. The van der Waals surface area contributed by atoms with E-state index < -0.39 is 6.10 Å². The van der Waals surface area contributed by atoms with Crippen molar-refractivity contribution in [1.82, 2.24) is 10.2 Å². The standard InChI is InChI=1S/C19H18FN3O2S2/c1-12-4-3-5-16(10-12)25-13(2)17(24)21-18-22-23-19(27-18)26-11-14-6-8-15(20)9-7-14/h3-10,13H,11H2,1-2H3,(H,21,22,24)/t13-/m1/s1. The van der Waals surface area contributed by atoms with E-state index in [2.05, 4.69) is 15.5 Å². The minimum atomic E-state index is -0.661. The monoisotopic (exact) mass is 403 g/mol. The lowest BCUT2D eigenvalue weighted by Crippen LogP contribution is -2.30. The van der Waals surface area contributed by atoms with Crippen LogP contribution in [0.25, 0.3) is 0 Å². The Morgan fingerprint density at radius 2 is 2.04 bits per heavy atom. The quantitative estimate of drug-likeness (QED) is 0.458. The number of benzene rings is 2. The molecule has 140 valence electrons. The molecule has 1 N–H and O–H groups in total. The number of carbonyl (C=O) groups excluding carboxylic acids is 1. The molecule has 0 radical (unpaired) electrons. The summed E-state index contributed by atoms with van der Waals surface area (Å²) in [5.41, 5.74) is 2.05. The molecule has 1 amide bonds. The van der Waals surface area contributed by atoms with Crippen LogP contribution in [0.5, 0.6) is 5.75 Å². The smallest absolute Gasteiger partial charge is 0.266 e. The van der Waals surface area contributed by atoms with E-state index in [1.807, 2.05) is 31.2 Å². The van der Waals surface area contributed by atoms with Crippen molar-refractivity contribution in [2.45, 2.75) is 30.0 Å². The first-order valence-electron chi connectivity index (χ1n) is 8.24. The molecule has 0 saturated carbocycles. The van der Waals surface area contributed by atoms with Gasteiger partial charge in [0.25, 0.3) is 5.91 Å². The van der Waals surface area contributed by atoms with Crippen LogP contribution in [0.2, 0.25) is 0 Å². The van der Waals surface area contributed by atoms with Crippen molar-refractivity contribution in [3.05, 3.63) is 65.5 Å². The van der Waals surface area contributed by atoms with E-state index in [1.54, 1.807) is 19.1 Å². The molecule has 0 aliphatic heterocycles. The molecule has 0 saturated heterocycles. The van der Waals surface area contributed by atoms with Gasteiger partial charge >= 0.3 is 0 Å². The fourth-order valence-corrected chi connectivity index (χ4v) is 3.91. The normalized spacial score (nSPS) is 11.8. The summed E-state index contributed by atoms with van der Waals surface area (Å²) in [4.78, 5) is 12.3. The Morgan fingerprint density at radius 3 is 2.78 bits per heavy atom. The molecule has 2 aromatic carbocycles. The minimum Gasteiger partial charge on any atom is -0.481 e. The van der Waals surface area contributed by atoms with Gasteiger partial charge < -0.3 is 4.74 Å². The number of amides is 1. The second kappa shape index (κ2) is 8.96. The number of anilines is 1. The third-order valence-electron chi connectivity index (χ3n) is 3.58. The first kappa shape index (κ1) is 19.3. The van der Waals surface area contributed by atoms with Gasteiger partial charge in [-0.1, -0.05) is 47.4 Å². The topological polar surface area (TPSA) is 64.1 Å². The van der Waals surface area contributed by atoms with Gasteiger partial charge in [0.1, 0.15) is 11.6 Å². The molecular weight excluding hydrogens is 385 g/mol. The number of carbonyl (C=O) groups is 1. The van der Waals surface area contributed by atoms with E-state index in [0.29, 0.717) is 16.6 Å². The highest BCUT2D eigenvalue weighted by molar-refractivity contribution is 8.00. The van der Waals surface area contributed by atoms with Crippen LogP contribution in [0, 0.1) is 12.7 Å². The van der Waals surface area contributed by atoms with E-state index >= 15 is 0 Å². The van der Waals surface area contributed by atoms with Crippen LogP contribution in [-0.2, 0) is 10.5 Å². The summed E-state index contributed by atoms with van der Waals surface area (Å²) in [6.45, 7) is 3.65. The highest BCUT2D eigenvalue weighted by Gasteiger charge is 2.17. The maximum Gasteiger partial charge on any atom is 0.266 e. The van der Waals surface area contributed by atoms with Crippen LogP contribution in [0.4, 0.5) is 9.52 Å². The predicted molar refractivity (Wildman–Crippen MR) is 106 cm³/mol. The molecule has 0 fully saturated rings. The highest BCUT2D eigenvalue weighted by atomic mass is 32.2. The van der Waals surface area contributed by atoms with Crippen LogP contribution in [-0.4, -0.2) is 22.2 Å². The van der Waals surface area contributed by atoms with Gasteiger partial charge in [0.05, 0.1) is 0 Å². The number of aryl methyl sites for hydroxylation is 1. The Morgan fingerprint density at radius 1 is 1.26 bits per heavy atom. The first-order valence-corrected chi connectivity index (χ1v) is 10.0. The average molecular weight is 404 g/mol. The minimum absolute atomic E-state index is 0.258. The maximum atomic E-state index is 12.9. The van der Waals surface area contributed by atoms with Crippen molar-refractivity contribution in [2.75, 3.05) is 5.32 Å². The number of nitrogens with one attached hydrogen (secondary N) is 1. The Hall–Kier alpha value is -2.45. The lowest BCUT2D eigenvalue weighted by molar-refractivity contribution is -0.122. The van der Waals surface area contributed by atoms with E-state index in [4.69, 9.17) is 4.74 Å². The summed E-state index contributed by atoms with van der Waals surface area (Å²) in [6.07, 6.45) is -0.661. The van der Waals surface area contributed by atoms with Crippen molar-refractivity contribution in [3.8, 4) is 5.75 Å². The zero-order chi connectivity index (χ0) is 19.2. The van der Waals surface area contributed by atoms with Crippen LogP contribution in [0.3, 0.4) is 0 Å². The highest BCUT2D eigenvalue weighted by Crippen LogP contribution is 2.28. The molecule has 0 aliphatic rings. The van der Waals surface area contributed by atoms with Gasteiger partial charge in [0.15, 0.2) is 10.4 Å². The Labute approximate surface area is 165 Å². The number of nitrogens with zero attached hydrogens (tertiary/aromatic N) is 2. The second-order valence-electron chi connectivity index (χ2n) is 5.85. The van der Waals surface area contributed by atoms with Gasteiger partial charge in [-0.05, 0) is 49.2 Å². The summed E-state index contributed by atoms with van der Waals surface area (Å²) < 4.78 is 19.3. The third-order valence-corrected chi connectivity index (χ3v) is 5.63. The average Bonchev–Trinajstić information content (AvgIpc) is 3.08. The fourth-order valence-electron chi connectivity index (χ4n) is 2.20. The number of ether oxygens (including phenoxy) is 1. The van der Waals surface area contributed by atoms with Crippen LogP contribution < -0.4 is 10.1 Å². The largest absolute Gasteiger partial charge is 0.481 e. The number of rotatable bonds is 7. The number of hydrogen-bond acceptors (Lipinski definition) is 6. The summed E-state index contributed by atoms with van der Waals surface area (Å²) in [5.74, 6) is 0.746. The molecule has 1 heterocycles.